The number of hydrogen-bond acceptors (Lipinski definition) is 20. The summed E-state index contributed by atoms with van der Waals surface area (Å²) in [5.74, 6) is -14.0. The molecule has 92 heavy (non-hydrogen) atoms. The van der Waals surface area contributed by atoms with Gasteiger partial charge in [0.1, 0.15) is 66.2 Å². The van der Waals surface area contributed by atoms with Gasteiger partial charge in [0.15, 0.2) is 0 Å². The first-order valence-corrected chi connectivity index (χ1v) is 29.9. The van der Waals surface area contributed by atoms with Crippen LogP contribution in [0, 0.1) is 0 Å². The second kappa shape index (κ2) is 38.5. The number of nitrogens with one attached hydrogen (secondary N) is 12. The number of rotatable bonds is 39. The van der Waals surface area contributed by atoms with Crippen LogP contribution in [0.2, 0.25) is 0 Å². The van der Waals surface area contributed by atoms with Crippen molar-refractivity contribution in [3.63, 3.8) is 0 Å². The van der Waals surface area contributed by atoms with Crippen molar-refractivity contribution in [3.8, 4) is 5.75 Å². The number of aromatic nitrogens is 2. The highest BCUT2D eigenvalue weighted by Crippen LogP contribution is 2.13. The van der Waals surface area contributed by atoms with E-state index in [4.69, 9.17) is 5.73 Å². The van der Waals surface area contributed by atoms with E-state index in [2.05, 4.69) is 68.5 Å². The fraction of sp³-hybridized carbons (Fsp3) is 0.414. The van der Waals surface area contributed by atoms with Crippen molar-refractivity contribution in [3.05, 3.63) is 120 Å². The largest absolute Gasteiger partial charge is 0.508 e. The number of carbonyl (C=O) groups excluding carboxylic acids is 11. The summed E-state index contributed by atoms with van der Waals surface area (Å²) in [6.45, 7) is -3.39. The number of phenolic OH excluding ortho intramolecular Hbond substituents is 1. The summed E-state index contributed by atoms with van der Waals surface area (Å²) in [6.07, 6.45) is 2.34. The molecule has 0 radical (unpaired) electrons. The third-order valence-corrected chi connectivity index (χ3v) is 14.1. The van der Waals surface area contributed by atoms with E-state index in [1.807, 2.05) is 0 Å². The van der Waals surface area contributed by atoms with Crippen LogP contribution >= 0.6 is 11.8 Å². The molecule has 1 heterocycles. The van der Waals surface area contributed by atoms with Crippen LogP contribution in [0.1, 0.15) is 42.1 Å². The van der Waals surface area contributed by atoms with Crippen LogP contribution in [0.15, 0.2) is 97.5 Å². The van der Waals surface area contributed by atoms with Gasteiger partial charge in [-0.3, -0.25) is 57.5 Å². The van der Waals surface area contributed by atoms with Gasteiger partial charge in [-0.25, -0.2) is 9.78 Å². The van der Waals surface area contributed by atoms with Gasteiger partial charge >= 0.3 is 11.9 Å². The van der Waals surface area contributed by atoms with E-state index in [0.29, 0.717) is 28.1 Å². The summed E-state index contributed by atoms with van der Waals surface area (Å²) in [7, 11) is 0. The van der Waals surface area contributed by atoms with Gasteiger partial charge in [-0.2, -0.15) is 11.8 Å². The first kappa shape index (κ1) is 74.4. The molecule has 10 atom stereocenters. The number of nitrogens with zero attached hydrogens (tertiary/aromatic N) is 1. The minimum atomic E-state index is -1.95. The highest BCUT2D eigenvalue weighted by Gasteiger charge is 2.35. The van der Waals surface area contributed by atoms with Crippen molar-refractivity contribution >= 4 is 88.7 Å². The van der Waals surface area contributed by atoms with Crippen molar-refractivity contribution in [1.82, 2.24) is 68.5 Å². The summed E-state index contributed by atoms with van der Waals surface area (Å²) >= 11 is 1.36. The predicted molar refractivity (Wildman–Crippen MR) is 326 cm³/mol. The van der Waals surface area contributed by atoms with E-state index < -0.39 is 177 Å². The molecule has 4 rings (SSSR count). The molecule has 1 aromatic heterocycles. The molecule has 11 amide bonds. The van der Waals surface area contributed by atoms with Crippen molar-refractivity contribution in [2.75, 3.05) is 44.9 Å². The quantitative estimate of drug-likeness (QED) is 0.0198. The smallest absolute Gasteiger partial charge is 0.326 e. The van der Waals surface area contributed by atoms with Gasteiger partial charge in [-0.15, -0.1) is 0 Å². The summed E-state index contributed by atoms with van der Waals surface area (Å²) in [5.41, 5.74) is 7.24. The maximum atomic E-state index is 14.5. The van der Waals surface area contributed by atoms with E-state index in [1.165, 1.54) is 55.5 Å². The van der Waals surface area contributed by atoms with Gasteiger partial charge in [0.05, 0.1) is 45.7 Å². The number of H-pyrrole nitrogens is 1. The molecular formula is C58H76N14O19S. The molecule has 0 aliphatic heterocycles. The Morgan fingerprint density at radius 3 is 1.36 bits per heavy atom. The third kappa shape index (κ3) is 25.8. The molecule has 0 aliphatic carbocycles. The average molecular weight is 1310 g/mol. The molecule has 4 aromatic rings. The van der Waals surface area contributed by atoms with Crippen LogP contribution in [0.25, 0.3) is 0 Å². The number of carboxylic acids is 2. The molecule has 0 saturated carbocycles. The SMILES string of the molecule is CSCC[C@H](NC(=O)[C@H](C)NC(=O)[C@H](Cc1ccc(O)cc1)NC(=O)CNC(=O)[C@H](CO)NC(=O)CNC(=O)[C@H](CC(=O)O)NC(=O)[C@H](Cc1ccccc1)NC(=O)[C@H](Cc1cnc[nH]1)NC(=O)[C@H](Cc1ccccc1)NC(=O)[C@H](CO)NC(=O)[C@@H](N)CO)C(=O)O. The number of amides is 11. The highest BCUT2D eigenvalue weighted by molar-refractivity contribution is 7.98. The summed E-state index contributed by atoms with van der Waals surface area (Å²) in [5, 5.41) is 84.2. The van der Waals surface area contributed by atoms with Crippen molar-refractivity contribution in [1.29, 1.82) is 0 Å². The van der Waals surface area contributed by atoms with Gasteiger partial charge in [0.2, 0.25) is 65.0 Å². The molecule has 0 bridgehead atoms. The number of aromatic amines is 1. The average Bonchev–Trinajstić information content (AvgIpc) is 1.72. The van der Waals surface area contributed by atoms with E-state index in [9.17, 15) is 93.0 Å². The van der Waals surface area contributed by atoms with Crippen molar-refractivity contribution in [2.45, 2.75) is 106 Å². The number of carbonyl (C=O) groups is 13. The lowest BCUT2D eigenvalue weighted by atomic mass is 10.0. The van der Waals surface area contributed by atoms with E-state index in [0.717, 1.165) is 0 Å². The first-order chi connectivity index (χ1) is 43.8. The molecule has 0 fully saturated rings. The Labute approximate surface area is 530 Å². The molecule has 0 unspecified atom stereocenters. The normalized spacial score (nSPS) is 14.2. The molecule has 0 saturated heterocycles. The monoisotopic (exact) mass is 1300 g/mol. The molecule has 3 aromatic carbocycles. The lowest BCUT2D eigenvalue weighted by Gasteiger charge is -2.27. The van der Waals surface area contributed by atoms with E-state index in [1.54, 1.807) is 66.9 Å². The zero-order valence-electron chi connectivity index (χ0n) is 49.9. The zero-order chi connectivity index (χ0) is 67.9. The predicted octanol–water partition coefficient (Wildman–Crippen LogP) is -6.38. The number of phenols is 1. The number of carboxylic acid groups (broad SMARTS) is 2. The maximum Gasteiger partial charge on any atom is 0.326 e. The van der Waals surface area contributed by atoms with Crippen molar-refractivity contribution < 1.29 is 93.0 Å². The number of aliphatic carboxylic acids is 2. The van der Waals surface area contributed by atoms with E-state index >= 15 is 0 Å². The zero-order valence-corrected chi connectivity index (χ0v) is 50.7. The van der Waals surface area contributed by atoms with Gasteiger partial charge in [0.25, 0.3) is 0 Å². The van der Waals surface area contributed by atoms with E-state index in [-0.39, 0.29) is 37.9 Å². The fourth-order valence-corrected chi connectivity index (χ4v) is 8.96. The summed E-state index contributed by atoms with van der Waals surface area (Å²) in [6, 6.07) is 6.28. The number of hydrogen-bond donors (Lipinski definition) is 19. The molecule has 0 aliphatic rings. The van der Waals surface area contributed by atoms with Crippen LogP contribution in [-0.2, 0) is 88.0 Å². The Bertz CT molecular complexity index is 3150. The Morgan fingerprint density at radius 1 is 0.489 bits per heavy atom. The van der Waals surface area contributed by atoms with Crippen molar-refractivity contribution in [2.24, 2.45) is 5.73 Å². The van der Waals surface area contributed by atoms with Crippen LogP contribution in [0.5, 0.6) is 5.75 Å². The molecular weight excluding hydrogens is 1230 g/mol. The second-order valence-electron chi connectivity index (χ2n) is 20.7. The minimum absolute atomic E-state index is 0.0913. The topological polar surface area (TPSA) is 530 Å². The number of thioether (sulfide) groups is 1. The summed E-state index contributed by atoms with van der Waals surface area (Å²) < 4.78 is 0. The van der Waals surface area contributed by atoms with Crippen LogP contribution < -0.4 is 64.2 Å². The molecule has 0 spiro atoms. The van der Waals surface area contributed by atoms with Gasteiger partial charge in [-0.05, 0) is 54.2 Å². The summed E-state index contributed by atoms with van der Waals surface area (Å²) in [4.78, 5) is 179. The first-order valence-electron chi connectivity index (χ1n) is 28.5. The Kier molecular flexibility index (Phi) is 31.2. The Hall–Kier alpha value is -10.0. The third-order valence-electron chi connectivity index (χ3n) is 13.5. The lowest BCUT2D eigenvalue weighted by molar-refractivity contribution is -0.142. The standard InChI is InChI=1S/C58H76N14O19S/c1-31(49(81)67-38(58(90)91)17-18-92-2)64-53(85)39(21-34-13-15-36(76)16-14-34)65-46(77)25-62-52(84)44(28-74)66-47(78)26-61-51(83)43(23-48(79)80)71-55(87)40(19-32-9-5-3-6-10-32)68-56(88)42(22-35-24-60-30-63-35)70-54(86)41(20-33-11-7-4-8-12-33)69-57(89)45(29-75)72-50(82)37(59)27-73/h3-16,24,30-31,37-45,73-76H,17-23,25-29,59H2,1-2H3,(H,60,63)(H,61,83)(H,62,84)(H,64,85)(H,65,77)(H,66,78)(H,67,81)(H,68,88)(H,69,89)(H,70,86)(H,71,87)(H,72,82)(H,79,80)(H,90,91)/t31-,37-,38-,39-,40-,41-,42-,43-,44-,45-/m0/s1. The second-order valence-corrected chi connectivity index (χ2v) is 21.7. The minimum Gasteiger partial charge on any atom is -0.508 e. The van der Waals surface area contributed by atoms with Gasteiger partial charge < -0.3 is 99.8 Å². The number of imidazole rings is 1. The number of aromatic hydroxyl groups is 1. The molecule has 33 nitrogen and oxygen atoms in total. The highest BCUT2D eigenvalue weighted by atomic mass is 32.2. The molecule has 20 N–H and O–H groups in total. The van der Waals surface area contributed by atoms with Gasteiger partial charge in [0, 0.05) is 37.6 Å². The van der Waals surface area contributed by atoms with Crippen LogP contribution in [0.3, 0.4) is 0 Å². The number of nitrogens with two attached hydrogens (primary N) is 1. The number of benzene rings is 3. The molecule has 498 valence electrons. The van der Waals surface area contributed by atoms with Crippen LogP contribution in [-0.4, -0.2) is 223 Å². The maximum absolute atomic E-state index is 14.5. The molecule has 34 heteroatoms. The van der Waals surface area contributed by atoms with Gasteiger partial charge in [-0.1, -0.05) is 72.8 Å². The fourth-order valence-electron chi connectivity index (χ4n) is 8.48. The number of aliphatic hydroxyl groups is 3. The number of aliphatic hydroxyl groups excluding tert-OH is 3. The van der Waals surface area contributed by atoms with Crippen LogP contribution in [0.4, 0.5) is 0 Å². The Morgan fingerprint density at radius 2 is 0.902 bits per heavy atom. The lowest BCUT2D eigenvalue weighted by Crippen LogP contribution is -2.61. The Balaban J connectivity index is 1.46.